The number of hydrogen-bond donors (Lipinski definition) is 0. The van der Waals surface area contributed by atoms with E-state index in [0.29, 0.717) is 30.0 Å². The standard InChI is InChI=1S/C43H88NO7P/c1-7-9-11-13-15-17-19-21-22-23-25-27-29-31-33-35-43(45)51-42(40-50-52(46,47)49-37-36-44(4,5)6)39-48-38-41(3)34-32-30-28-26-24-20-18-16-14-12-10-8-2/h41-42H,7-40H2,1-6H3/t41?,42-/m1/s1. The fraction of sp³-hybridized carbons (Fsp3) is 0.977. The zero-order valence-corrected chi connectivity index (χ0v) is 36.3. The molecule has 0 aromatic rings. The van der Waals surface area contributed by atoms with Crippen LogP contribution in [0, 0.1) is 5.92 Å². The Morgan fingerprint density at radius 3 is 1.40 bits per heavy atom. The molecule has 52 heavy (non-hydrogen) atoms. The third-order valence-corrected chi connectivity index (χ3v) is 10.9. The van der Waals surface area contributed by atoms with E-state index in [4.69, 9.17) is 18.5 Å². The summed E-state index contributed by atoms with van der Waals surface area (Å²) in [4.78, 5) is 25.1. The molecule has 0 aliphatic heterocycles. The Kier molecular flexibility index (Phi) is 35.8. The van der Waals surface area contributed by atoms with E-state index in [1.54, 1.807) is 0 Å². The van der Waals surface area contributed by atoms with Gasteiger partial charge in [-0.25, -0.2) is 0 Å². The van der Waals surface area contributed by atoms with Gasteiger partial charge in [0.2, 0.25) is 0 Å². The monoisotopic (exact) mass is 762 g/mol. The molecule has 0 saturated heterocycles. The molecule has 0 aromatic carbocycles. The van der Waals surface area contributed by atoms with Crippen LogP contribution < -0.4 is 4.89 Å². The summed E-state index contributed by atoms with van der Waals surface area (Å²) in [5, 5.41) is 0. The minimum Gasteiger partial charge on any atom is -0.756 e. The Balaban J connectivity index is 4.31. The van der Waals surface area contributed by atoms with Crippen LogP contribution in [0.1, 0.15) is 207 Å². The molecule has 0 aromatic heterocycles. The molecule has 0 fully saturated rings. The third kappa shape index (κ3) is 39.2. The van der Waals surface area contributed by atoms with Crippen molar-refractivity contribution in [3.8, 4) is 0 Å². The maximum absolute atomic E-state index is 12.7. The molecule has 312 valence electrons. The van der Waals surface area contributed by atoms with Crippen LogP contribution in [-0.4, -0.2) is 70.7 Å². The second-order valence-corrected chi connectivity index (χ2v) is 18.1. The van der Waals surface area contributed by atoms with E-state index in [1.165, 1.54) is 154 Å². The summed E-state index contributed by atoms with van der Waals surface area (Å²) in [6.45, 7) is 7.61. The van der Waals surface area contributed by atoms with Gasteiger partial charge in [0.05, 0.1) is 34.4 Å². The first-order valence-electron chi connectivity index (χ1n) is 22.2. The molecule has 0 bridgehead atoms. The van der Waals surface area contributed by atoms with Gasteiger partial charge in [0, 0.05) is 13.0 Å². The zero-order valence-electron chi connectivity index (χ0n) is 35.4. The van der Waals surface area contributed by atoms with Gasteiger partial charge in [0.25, 0.3) is 7.82 Å². The highest BCUT2D eigenvalue weighted by Gasteiger charge is 2.21. The summed E-state index contributed by atoms with van der Waals surface area (Å²) in [5.41, 5.74) is 0. The minimum absolute atomic E-state index is 0.0288. The van der Waals surface area contributed by atoms with Crippen molar-refractivity contribution in [3.63, 3.8) is 0 Å². The predicted octanol–water partition coefficient (Wildman–Crippen LogP) is 12.1. The number of esters is 1. The highest BCUT2D eigenvalue weighted by atomic mass is 31.2. The molecule has 0 spiro atoms. The van der Waals surface area contributed by atoms with Crippen molar-refractivity contribution >= 4 is 13.8 Å². The van der Waals surface area contributed by atoms with Gasteiger partial charge in [0.15, 0.2) is 0 Å². The van der Waals surface area contributed by atoms with Crippen molar-refractivity contribution in [2.24, 2.45) is 5.92 Å². The summed E-state index contributed by atoms with van der Waals surface area (Å²) in [7, 11) is 1.36. The van der Waals surface area contributed by atoms with Crippen LogP contribution in [0.4, 0.5) is 0 Å². The molecule has 0 aliphatic rings. The van der Waals surface area contributed by atoms with Gasteiger partial charge in [-0.15, -0.1) is 0 Å². The first kappa shape index (κ1) is 51.5. The molecule has 2 unspecified atom stereocenters. The van der Waals surface area contributed by atoms with Gasteiger partial charge in [-0.2, -0.15) is 0 Å². The van der Waals surface area contributed by atoms with Crippen molar-refractivity contribution in [2.45, 2.75) is 213 Å². The number of carbonyl (C=O) groups excluding carboxylic acids is 1. The van der Waals surface area contributed by atoms with Crippen molar-refractivity contribution in [2.75, 3.05) is 54.1 Å². The van der Waals surface area contributed by atoms with Gasteiger partial charge in [-0.1, -0.05) is 188 Å². The average Bonchev–Trinajstić information content (AvgIpc) is 3.08. The number of quaternary nitrogens is 1. The van der Waals surface area contributed by atoms with E-state index in [0.717, 1.165) is 25.7 Å². The maximum atomic E-state index is 12.7. The van der Waals surface area contributed by atoms with Crippen molar-refractivity contribution in [3.05, 3.63) is 0 Å². The Hall–Kier alpha value is -0.500. The molecule has 9 heteroatoms. The maximum Gasteiger partial charge on any atom is 0.306 e. The molecule has 3 atom stereocenters. The Morgan fingerprint density at radius 2 is 0.981 bits per heavy atom. The SMILES string of the molecule is CCCCCCCCCCCCCCCCCC(=O)O[C@H](COCC(C)CCCCCCCCCCCCCC)COP(=O)([O-])OCC[N+](C)(C)C. The smallest absolute Gasteiger partial charge is 0.306 e. The van der Waals surface area contributed by atoms with Crippen molar-refractivity contribution in [1.29, 1.82) is 0 Å². The van der Waals surface area contributed by atoms with E-state index >= 15 is 0 Å². The van der Waals surface area contributed by atoms with Gasteiger partial charge in [-0.3, -0.25) is 9.36 Å². The number of unbranched alkanes of at least 4 members (excludes halogenated alkanes) is 25. The Labute approximate surface area is 323 Å². The van der Waals surface area contributed by atoms with Crippen LogP contribution in [0.3, 0.4) is 0 Å². The fourth-order valence-corrected chi connectivity index (χ4v) is 7.19. The lowest BCUT2D eigenvalue weighted by molar-refractivity contribution is -0.870. The molecule has 0 radical (unpaired) electrons. The summed E-state index contributed by atoms with van der Waals surface area (Å²) >= 11 is 0. The number of hydrogen-bond acceptors (Lipinski definition) is 7. The van der Waals surface area contributed by atoms with Crippen LogP contribution in [0.25, 0.3) is 0 Å². The molecule has 8 nitrogen and oxygen atoms in total. The fourth-order valence-electron chi connectivity index (χ4n) is 6.46. The summed E-state index contributed by atoms with van der Waals surface area (Å²) in [5.74, 6) is 0.0493. The van der Waals surface area contributed by atoms with Gasteiger partial charge in [-0.05, 0) is 18.8 Å². The summed E-state index contributed by atoms with van der Waals surface area (Å²) in [6, 6.07) is 0. The lowest BCUT2D eigenvalue weighted by Crippen LogP contribution is -2.37. The van der Waals surface area contributed by atoms with Crippen LogP contribution >= 0.6 is 7.82 Å². The van der Waals surface area contributed by atoms with Crippen LogP contribution in [0.2, 0.25) is 0 Å². The number of carbonyl (C=O) groups is 1. The predicted molar refractivity (Wildman–Crippen MR) is 218 cm³/mol. The van der Waals surface area contributed by atoms with Gasteiger partial charge in [0.1, 0.15) is 19.3 Å². The number of ether oxygens (including phenoxy) is 2. The summed E-state index contributed by atoms with van der Waals surface area (Å²) in [6.07, 6.45) is 35.7. The number of likely N-dealkylation sites (N-methyl/N-ethyl adjacent to an activating group) is 1. The van der Waals surface area contributed by atoms with Crippen molar-refractivity contribution < 1.29 is 37.3 Å². The minimum atomic E-state index is -4.52. The molecule has 0 heterocycles. The molecular formula is C43H88NO7P. The highest BCUT2D eigenvalue weighted by Crippen LogP contribution is 2.38. The van der Waals surface area contributed by atoms with Crippen LogP contribution in [0.15, 0.2) is 0 Å². The Bertz CT molecular complexity index is 822. The molecular weight excluding hydrogens is 673 g/mol. The topological polar surface area (TPSA) is 94.1 Å². The lowest BCUT2D eigenvalue weighted by atomic mass is 10.0. The molecule has 0 N–H and O–H groups in total. The van der Waals surface area contributed by atoms with Gasteiger partial charge >= 0.3 is 5.97 Å². The second-order valence-electron chi connectivity index (χ2n) is 16.7. The van der Waals surface area contributed by atoms with Crippen molar-refractivity contribution in [1.82, 2.24) is 0 Å². The summed E-state index contributed by atoms with van der Waals surface area (Å²) < 4.78 is 34.8. The highest BCUT2D eigenvalue weighted by molar-refractivity contribution is 7.45. The number of phosphoric acid groups is 1. The molecule has 0 saturated carbocycles. The molecule has 0 amide bonds. The number of nitrogens with zero attached hydrogens (tertiary/aromatic N) is 1. The number of rotatable bonds is 41. The first-order chi connectivity index (χ1) is 25.0. The quantitative estimate of drug-likeness (QED) is 0.0265. The average molecular weight is 762 g/mol. The Morgan fingerprint density at radius 1 is 0.577 bits per heavy atom. The first-order valence-corrected chi connectivity index (χ1v) is 23.6. The van der Waals surface area contributed by atoms with E-state index in [9.17, 15) is 14.3 Å². The van der Waals surface area contributed by atoms with E-state index in [2.05, 4.69) is 20.8 Å². The largest absolute Gasteiger partial charge is 0.756 e. The molecule has 0 aliphatic carbocycles. The number of phosphoric ester groups is 1. The lowest BCUT2D eigenvalue weighted by Gasteiger charge is -2.28. The van der Waals surface area contributed by atoms with Crippen LogP contribution in [0.5, 0.6) is 0 Å². The normalized spacial score (nSPS) is 14.4. The van der Waals surface area contributed by atoms with E-state index in [1.807, 2.05) is 21.1 Å². The zero-order chi connectivity index (χ0) is 38.6. The second kappa shape index (κ2) is 36.2. The van der Waals surface area contributed by atoms with Gasteiger partial charge < -0.3 is 27.9 Å². The molecule has 0 rings (SSSR count). The van der Waals surface area contributed by atoms with E-state index < -0.39 is 13.9 Å². The van der Waals surface area contributed by atoms with E-state index in [-0.39, 0.29) is 25.8 Å². The van der Waals surface area contributed by atoms with Crippen LogP contribution in [-0.2, 0) is 27.9 Å². The third-order valence-electron chi connectivity index (χ3n) is 9.97.